The van der Waals surface area contributed by atoms with Gasteiger partial charge in [0, 0.05) is 14.1 Å². The molecule has 0 radical (unpaired) electrons. The molecule has 0 saturated heterocycles. The van der Waals surface area contributed by atoms with Crippen LogP contribution in [0.4, 0.5) is 4.79 Å². The van der Waals surface area contributed by atoms with Gasteiger partial charge in [-0.1, -0.05) is 6.08 Å². The fourth-order valence-corrected chi connectivity index (χ4v) is 1.23. The second-order valence-corrected chi connectivity index (χ2v) is 3.99. The Kier molecular flexibility index (Phi) is 6.48. The second-order valence-electron chi connectivity index (χ2n) is 3.99. The number of carboxylic acids is 1. The summed E-state index contributed by atoms with van der Waals surface area (Å²) in [5, 5.41) is 13.4. The SMILES string of the molecule is C=CCC(NC(=O)NC(C)C(=O)N(C)C)C(=O)O. The zero-order valence-electron chi connectivity index (χ0n) is 10.8. The number of likely N-dealkylation sites (N-methyl/N-ethyl adjacent to an activating group) is 1. The highest BCUT2D eigenvalue weighted by atomic mass is 16.4. The summed E-state index contributed by atoms with van der Waals surface area (Å²) >= 11 is 0. The van der Waals surface area contributed by atoms with E-state index in [1.165, 1.54) is 17.9 Å². The van der Waals surface area contributed by atoms with Crippen LogP contribution in [0, 0.1) is 0 Å². The molecule has 2 atom stereocenters. The summed E-state index contributed by atoms with van der Waals surface area (Å²) in [5.74, 6) is -1.43. The van der Waals surface area contributed by atoms with Crippen LogP contribution in [-0.4, -0.2) is 54.1 Å². The molecule has 0 rings (SSSR count). The van der Waals surface area contributed by atoms with Crippen molar-refractivity contribution in [3.8, 4) is 0 Å². The molecule has 0 fully saturated rings. The number of aliphatic carboxylic acids is 1. The van der Waals surface area contributed by atoms with Gasteiger partial charge in [-0.2, -0.15) is 0 Å². The van der Waals surface area contributed by atoms with Crippen LogP contribution in [0.5, 0.6) is 0 Å². The van der Waals surface area contributed by atoms with Crippen molar-refractivity contribution < 1.29 is 19.5 Å². The predicted molar refractivity (Wildman–Crippen MR) is 66.1 cm³/mol. The van der Waals surface area contributed by atoms with E-state index in [4.69, 9.17) is 5.11 Å². The normalized spacial score (nSPS) is 13.1. The van der Waals surface area contributed by atoms with E-state index < -0.39 is 24.1 Å². The maximum atomic E-state index is 11.5. The lowest BCUT2D eigenvalue weighted by molar-refractivity contribution is -0.139. The summed E-state index contributed by atoms with van der Waals surface area (Å²) in [7, 11) is 3.13. The van der Waals surface area contributed by atoms with Crippen LogP contribution in [0.25, 0.3) is 0 Å². The molecule has 0 aliphatic rings. The Morgan fingerprint density at radius 2 is 1.89 bits per heavy atom. The lowest BCUT2D eigenvalue weighted by Crippen LogP contribution is -2.51. The van der Waals surface area contributed by atoms with Crippen LogP contribution in [-0.2, 0) is 9.59 Å². The molecule has 2 unspecified atom stereocenters. The summed E-state index contributed by atoms with van der Waals surface area (Å²) in [6.07, 6.45) is 1.51. The first-order chi connectivity index (χ1) is 8.29. The minimum absolute atomic E-state index is 0.110. The molecule has 3 N–H and O–H groups in total. The lowest BCUT2D eigenvalue weighted by Gasteiger charge is -2.19. The van der Waals surface area contributed by atoms with Crippen molar-refractivity contribution >= 4 is 17.9 Å². The third kappa shape index (κ3) is 5.33. The Bertz CT molecular complexity index is 341. The van der Waals surface area contributed by atoms with Crippen molar-refractivity contribution in [3.05, 3.63) is 12.7 Å². The molecule has 102 valence electrons. The molecule has 0 aromatic heterocycles. The summed E-state index contributed by atoms with van der Waals surface area (Å²) in [6, 6.07) is -2.48. The zero-order chi connectivity index (χ0) is 14.3. The Morgan fingerprint density at radius 3 is 2.28 bits per heavy atom. The van der Waals surface area contributed by atoms with Crippen LogP contribution < -0.4 is 10.6 Å². The van der Waals surface area contributed by atoms with Crippen LogP contribution in [0.15, 0.2) is 12.7 Å². The minimum atomic E-state index is -1.16. The summed E-state index contributed by atoms with van der Waals surface area (Å²) in [6.45, 7) is 4.93. The number of amides is 3. The van der Waals surface area contributed by atoms with E-state index in [-0.39, 0.29) is 12.3 Å². The van der Waals surface area contributed by atoms with Gasteiger partial charge in [0.1, 0.15) is 12.1 Å². The van der Waals surface area contributed by atoms with Crippen molar-refractivity contribution in [2.45, 2.75) is 25.4 Å². The highest BCUT2D eigenvalue weighted by molar-refractivity contribution is 5.88. The fraction of sp³-hybridized carbons (Fsp3) is 0.545. The molecule has 0 bridgehead atoms. The number of rotatable bonds is 6. The fourth-order valence-electron chi connectivity index (χ4n) is 1.23. The molecule has 0 saturated carbocycles. The Labute approximate surface area is 106 Å². The Balaban J connectivity index is 4.36. The van der Waals surface area contributed by atoms with Gasteiger partial charge < -0.3 is 20.6 Å². The van der Waals surface area contributed by atoms with E-state index in [1.807, 2.05) is 0 Å². The van der Waals surface area contributed by atoms with E-state index in [1.54, 1.807) is 14.1 Å². The summed E-state index contributed by atoms with van der Waals surface area (Å²) in [4.78, 5) is 35.1. The third-order valence-corrected chi connectivity index (χ3v) is 2.16. The zero-order valence-corrected chi connectivity index (χ0v) is 10.8. The molecule has 7 nitrogen and oxygen atoms in total. The number of hydrogen-bond donors (Lipinski definition) is 3. The van der Waals surface area contributed by atoms with E-state index in [9.17, 15) is 14.4 Å². The van der Waals surface area contributed by atoms with E-state index in [0.717, 1.165) is 0 Å². The molecule has 7 heteroatoms. The minimum Gasteiger partial charge on any atom is -0.480 e. The average molecular weight is 257 g/mol. The van der Waals surface area contributed by atoms with E-state index >= 15 is 0 Å². The third-order valence-electron chi connectivity index (χ3n) is 2.16. The molecule has 0 aliphatic heterocycles. The maximum Gasteiger partial charge on any atom is 0.326 e. The van der Waals surface area contributed by atoms with E-state index in [0.29, 0.717) is 0 Å². The number of urea groups is 1. The van der Waals surface area contributed by atoms with Crippen molar-refractivity contribution in [1.82, 2.24) is 15.5 Å². The monoisotopic (exact) mass is 257 g/mol. The van der Waals surface area contributed by atoms with Gasteiger partial charge in [0.05, 0.1) is 0 Å². The van der Waals surface area contributed by atoms with Crippen LogP contribution in [0.2, 0.25) is 0 Å². The molecule has 0 aliphatic carbocycles. The molecule has 0 aromatic rings. The molecular formula is C11H19N3O4. The molecule has 3 amide bonds. The van der Waals surface area contributed by atoms with Gasteiger partial charge in [-0.05, 0) is 13.3 Å². The molecule has 0 heterocycles. The van der Waals surface area contributed by atoms with Gasteiger partial charge in [-0.3, -0.25) is 4.79 Å². The van der Waals surface area contributed by atoms with Crippen LogP contribution >= 0.6 is 0 Å². The number of nitrogens with one attached hydrogen (secondary N) is 2. The first-order valence-electron chi connectivity index (χ1n) is 5.41. The molecule has 18 heavy (non-hydrogen) atoms. The largest absolute Gasteiger partial charge is 0.480 e. The van der Waals surface area contributed by atoms with Gasteiger partial charge in [0.25, 0.3) is 0 Å². The van der Waals surface area contributed by atoms with E-state index in [2.05, 4.69) is 17.2 Å². The van der Waals surface area contributed by atoms with Crippen molar-refractivity contribution in [2.24, 2.45) is 0 Å². The topological polar surface area (TPSA) is 98.7 Å². The first kappa shape index (κ1) is 16.0. The van der Waals surface area contributed by atoms with Crippen molar-refractivity contribution in [3.63, 3.8) is 0 Å². The number of hydrogen-bond acceptors (Lipinski definition) is 3. The Hall–Kier alpha value is -2.05. The van der Waals surface area contributed by atoms with Gasteiger partial charge in [-0.25, -0.2) is 9.59 Å². The number of carbonyl (C=O) groups excluding carboxylic acids is 2. The van der Waals surface area contributed by atoms with Gasteiger partial charge >= 0.3 is 12.0 Å². The summed E-state index contributed by atoms with van der Waals surface area (Å²) < 4.78 is 0. The van der Waals surface area contributed by atoms with Crippen LogP contribution in [0.3, 0.4) is 0 Å². The molecule has 0 aromatic carbocycles. The van der Waals surface area contributed by atoms with Gasteiger partial charge in [-0.15, -0.1) is 6.58 Å². The highest BCUT2D eigenvalue weighted by Crippen LogP contribution is 1.94. The van der Waals surface area contributed by atoms with Crippen molar-refractivity contribution in [1.29, 1.82) is 0 Å². The van der Waals surface area contributed by atoms with Crippen molar-refractivity contribution in [2.75, 3.05) is 14.1 Å². The van der Waals surface area contributed by atoms with Gasteiger partial charge in [0.15, 0.2) is 0 Å². The maximum absolute atomic E-state index is 11.5. The van der Waals surface area contributed by atoms with Gasteiger partial charge in [0.2, 0.25) is 5.91 Å². The molecular weight excluding hydrogens is 238 g/mol. The number of nitrogens with zero attached hydrogens (tertiary/aromatic N) is 1. The average Bonchev–Trinajstić information content (AvgIpc) is 2.26. The first-order valence-corrected chi connectivity index (χ1v) is 5.41. The number of carboxylic acid groups (broad SMARTS) is 1. The smallest absolute Gasteiger partial charge is 0.326 e. The second kappa shape index (κ2) is 7.31. The standard InChI is InChI=1S/C11H19N3O4/c1-5-6-8(10(16)17)13-11(18)12-7(2)9(15)14(3)4/h5,7-8H,1,6H2,2-4H3,(H,16,17)(H2,12,13,18). The highest BCUT2D eigenvalue weighted by Gasteiger charge is 2.21. The summed E-state index contributed by atoms with van der Waals surface area (Å²) in [5.41, 5.74) is 0. The lowest BCUT2D eigenvalue weighted by atomic mass is 10.2. The predicted octanol–water partition coefficient (Wildman–Crippen LogP) is -0.208. The number of carbonyl (C=O) groups is 3. The quantitative estimate of drug-likeness (QED) is 0.573. The van der Waals surface area contributed by atoms with Crippen LogP contribution in [0.1, 0.15) is 13.3 Å². The molecule has 0 spiro atoms. The Morgan fingerprint density at radius 1 is 1.33 bits per heavy atom.